The molecule has 3 rings (SSSR count). The first-order chi connectivity index (χ1) is 9.58. The standard InChI is InChI=1S/C14H14Cl2N2OS/c1-17-5-7-18(8-6-17)14(19)13-12(16)11-9(15)3-2-4-10(11)20-13/h2-4H,5-8H2,1H3. The third-order valence-corrected chi connectivity index (χ3v) is 5.54. The summed E-state index contributed by atoms with van der Waals surface area (Å²) in [5.74, 6) is 0.0142. The summed E-state index contributed by atoms with van der Waals surface area (Å²) in [6.07, 6.45) is 0. The Labute approximate surface area is 131 Å². The first-order valence-corrected chi connectivity index (χ1v) is 7.99. The summed E-state index contributed by atoms with van der Waals surface area (Å²) in [4.78, 5) is 17.3. The minimum Gasteiger partial charge on any atom is -0.335 e. The molecular formula is C14H14Cl2N2OS. The molecule has 0 unspecified atom stereocenters. The van der Waals surface area contributed by atoms with Crippen molar-refractivity contribution in [1.29, 1.82) is 0 Å². The van der Waals surface area contributed by atoms with Gasteiger partial charge in [0.1, 0.15) is 4.88 Å². The van der Waals surface area contributed by atoms with E-state index in [1.165, 1.54) is 11.3 Å². The van der Waals surface area contributed by atoms with Gasteiger partial charge in [-0.15, -0.1) is 11.3 Å². The second-order valence-corrected chi connectivity index (χ2v) is 6.79. The van der Waals surface area contributed by atoms with Crippen LogP contribution in [0.4, 0.5) is 0 Å². The fraction of sp³-hybridized carbons (Fsp3) is 0.357. The molecule has 1 aliphatic rings. The molecule has 1 saturated heterocycles. The summed E-state index contributed by atoms with van der Waals surface area (Å²) in [5, 5.41) is 1.87. The Balaban J connectivity index is 1.96. The van der Waals surface area contributed by atoms with Gasteiger partial charge in [0.05, 0.1) is 10.0 Å². The van der Waals surface area contributed by atoms with Crippen molar-refractivity contribution in [2.24, 2.45) is 0 Å². The lowest BCUT2D eigenvalue weighted by atomic mass is 10.2. The molecule has 2 heterocycles. The number of hydrogen-bond donors (Lipinski definition) is 0. The average Bonchev–Trinajstić information content (AvgIpc) is 2.77. The Morgan fingerprint density at radius 1 is 1.20 bits per heavy atom. The SMILES string of the molecule is CN1CCN(C(=O)c2sc3cccc(Cl)c3c2Cl)CC1. The number of fused-ring (bicyclic) bond motifs is 1. The van der Waals surface area contributed by atoms with Crippen molar-refractivity contribution in [2.75, 3.05) is 33.2 Å². The van der Waals surface area contributed by atoms with Crippen molar-refractivity contribution in [3.63, 3.8) is 0 Å². The zero-order chi connectivity index (χ0) is 14.3. The number of benzene rings is 1. The zero-order valence-corrected chi connectivity index (χ0v) is 13.4. The summed E-state index contributed by atoms with van der Waals surface area (Å²) in [6.45, 7) is 3.28. The summed E-state index contributed by atoms with van der Waals surface area (Å²) >= 11 is 14.0. The van der Waals surface area contributed by atoms with Gasteiger partial charge in [0.2, 0.25) is 0 Å². The van der Waals surface area contributed by atoms with E-state index in [4.69, 9.17) is 23.2 Å². The Morgan fingerprint density at radius 2 is 1.90 bits per heavy atom. The van der Waals surface area contributed by atoms with Crippen molar-refractivity contribution in [2.45, 2.75) is 0 Å². The van der Waals surface area contributed by atoms with E-state index in [2.05, 4.69) is 11.9 Å². The van der Waals surface area contributed by atoms with Crippen molar-refractivity contribution in [1.82, 2.24) is 9.80 Å². The molecule has 0 saturated carbocycles. The van der Waals surface area contributed by atoms with E-state index >= 15 is 0 Å². The fourth-order valence-electron chi connectivity index (χ4n) is 2.36. The van der Waals surface area contributed by atoms with E-state index in [9.17, 15) is 4.79 Å². The monoisotopic (exact) mass is 328 g/mol. The lowest BCUT2D eigenvalue weighted by molar-refractivity contribution is 0.0669. The Bertz CT molecular complexity index is 662. The molecule has 20 heavy (non-hydrogen) atoms. The largest absolute Gasteiger partial charge is 0.335 e. The highest BCUT2D eigenvalue weighted by atomic mass is 35.5. The van der Waals surface area contributed by atoms with Gasteiger partial charge in [-0.1, -0.05) is 29.3 Å². The van der Waals surface area contributed by atoms with Gasteiger partial charge in [-0.25, -0.2) is 0 Å². The molecule has 0 N–H and O–H groups in total. The summed E-state index contributed by atoms with van der Waals surface area (Å²) in [6, 6.07) is 5.62. The summed E-state index contributed by atoms with van der Waals surface area (Å²) in [7, 11) is 2.06. The highest BCUT2D eigenvalue weighted by molar-refractivity contribution is 7.21. The van der Waals surface area contributed by atoms with Gasteiger partial charge in [-0.2, -0.15) is 0 Å². The molecule has 1 amide bonds. The molecule has 1 fully saturated rings. The number of piperazine rings is 1. The highest BCUT2D eigenvalue weighted by Gasteiger charge is 2.25. The van der Waals surface area contributed by atoms with Gasteiger partial charge in [0, 0.05) is 36.3 Å². The molecule has 3 nitrogen and oxygen atoms in total. The quantitative estimate of drug-likeness (QED) is 0.798. The molecule has 0 bridgehead atoms. The normalized spacial score (nSPS) is 16.9. The second-order valence-electron chi connectivity index (χ2n) is 4.95. The van der Waals surface area contributed by atoms with E-state index in [0.717, 1.165) is 36.3 Å². The van der Waals surface area contributed by atoms with Gasteiger partial charge in [0.15, 0.2) is 0 Å². The third kappa shape index (κ3) is 2.42. The van der Waals surface area contributed by atoms with E-state index in [-0.39, 0.29) is 5.91 Å². The number of thiophene rings is 1. The van der Waals surface area contributed by atoms with Crippen LogP contribution in [0.15, 0.2) is 18.2 Å². The number of halogens is 2. The first-order valence-electron chi connectivity index (χ1n) is 6.42. The molecule has 0 radical (unpaired) electrons. The van der Waals surface area contributed by atoms with Gasteiger partial charge in [-0.05, 0) is 19.2 Å². The Morgan fingerprint density at radius 3 is 2.55 bits per heavy atom. The Kier molecular flexibility index (Phi) is 3.91. The smallest absolute Gasteiger partial charge is 0.265 e. The third-order valence-electron chi connectivity index (χ3n) is 3.59. The van der Waals surface area contributed by atoms with Crippen LogP contribution in [0.3, 0.4) is 0 Å². The van der Waals surface area contributed by atoms with Crippen LogP contribution in [-0.2, 0) is 0 Å². The molecule has 0 aliphatic carbocycles. The van der Waals surface area contributed by atoms with Gasteiger partial charge >= 0.3 is 0 Å². The van der Waals surface area contributed by atoms with Crippen LogP contribution in [0.5, 0.6) is 0 Å². The number of carbonyl (C=O) groups is 1. The number of carbonyl (C=O) groups excluding carboxylic acids is 1. The molecular weight excluding hydrogens is 315 g/mol. The lowest BCUT2D eigenvalue weighted by Crippen LogP contribution is -2.47. The minimum absolute atomic E-state index is 0.0142. The van der Waals surface area contributed by atoms with Gasteiger partial charge < -0.3 is 9.80 Å². The van der Waals surface area contributed by atoms with Crippen LogP contribution in [0, 0.1) is 0 Å². The van der Waals surface area contributed by atoms with Crippen molar-refractivity contribution in [3.8, 4) is 0 Å². The van der Waals surface area contributed by atoms with E-state index in [0.29, 0.717) is 14.9 Å². The van der Waals surface area contributed by atoms with Crippen molar-refractivity contribution in [3.05, 3.63) is 33.1 Å². The van der Waals surface area contributed by atoms with Crippen molar-refractivity contribution >= 4 is 50.5 Å². The number of hydrogen-bond acceptors (Lipinski definition) is 3. The predicted octanol–water partition coefficient (Wildman–Crippen LogP) is 3.60. The van der Waals surface area contributed by atoms with Crippen LogP contribution in [0.1, 0.15) is 9.67 Å². The molecule has 106 valence electrons. The topological polar surface area (TPSA) is 23.6 Å². The maximum atomic E-state index is 12.6. The maximum Gasteiger partial charge on any atom is 0.265 e. The highest BCUT2D eigenvalue weighted by Crippen LogP contribution is 2.39. The Hall–Kier alpha value is -0.810. The number of amides is 1. The van der Waals surface area contributed by atoms with Crippen LogP contribution in [0.2, 0.25) is 10.0 Å². The van der Waals surface area contributed by atoms with Crippen LogP contribution >= 0.6 is 34.5 Å². The summed E-state index contributed by atoms with van der Waals surface area (Å²) < 4.78 is 0.958. The molecule has 6 heteroatoms. The number of rotatable bonds is 1. The molecule has 0 atom stereocenters. The average molecular weight is 329 g/mol. The molecule has 1 aliphatic heterocycles. The zero-order valence-electron chi connectivity index (χ0n) is 11.0. The molecule has 2 aromatic rings. The fourth-order valence-corrected chi connectivity index (χ4v) is 4.28. The predicted molar refractivity (Wildman–Crippen MR) is 85.2 cm³/mol. The van der Waals surface area contributed by atoms with Crippen LogP contribution < -0.4 is 0 Å². The van der Waals surface area contributed by atoms with E-state index in [1.54, 1.807) is 6.07 Å². The lowest BCUT2D eigenvalue weighted by Gasteiger charge is -2.32. The maximum absolute atomic E-state index is 12.6. The van der Waals surface area contributed by atoms with Crippen LogP contribution in [0.25, 0.3) is 10.1 Å². The summed E-state index contributed by atoms with van der Waals surface area (Å²) in [5.41, 5.74) is 0. The van der Waals surface area contributed by atoms with Crippen molar-refractivity contribution < 1.29 is 4.79 Å². The molecule has 0 spiro atoms. The molecule has 1 aromatic carbocycles. The van der Waals surface area contributed by atoms with E-state index < -0.39 is 0 Å². The number of nitrogens with zero attached hydrogens (tertiary/aromatic N) is 2. The van der Waals surface area contributed by atoms with Gasteiger partial charge in [-0.3, -0.25) is 4.79 Å². The van der Waals surface area contributed by atoms with Gasteiger partial charge in [0.25, 0.3) is 5.91 Å². The minimum atomic E-state index is 0.0142. The second kappa shape index (κ2) is 5.53. The van der Waals surface area contributed by atoms with Crippen LogP contribution in [-0.4, -0.2) is 48.9 Å². The first kappa shape index (κ1) is 14.1. The molecule has 1 aromatic heterocycles. The van der Waals surface area contributed by atoms with E-state index in [1.807, 2.05) is 17.0 Å². The number of likely N-dealkylation sites (N-methyl/N-ethyl adjacent to an activating group) is 1.